The van der Waals surface area contributed by atoms with Gasteiger partial charge < -0.3 is 5.11 Å². The zero-order valence-corrected chi connectivity index (χ0v) is 11.5. The van der Waals surface area contributed by atoms with Gasteiger partial charge in [-0.05, 0) is 30.2 Å². The lowest BCUT2D eigenvalue weighted by atomic mass is 10.1. The topological polar surface area (TPSA) is 57.8 Å². The van der Waals surface area contributed by atoms with E-state index in [0.717, 1.165) is 15.8 Å². The number of aromatic nitrogens is 1. The Bertz CT molecular complexity index is 718. The van der Waals surface area contributed by atoms with Crippen LogP contribution >= 0.6 is 11.3 Å². The molecule has 0 spiro atoms. The van der Waals surface area contributed by atoms with Crippen molar-refractivity contribution in [3.05, 3.63) is 54.1 Å². The summed E-state index contributed by atoms with van der Waals surface area (Å²) >= 11 is 1.53. The highest BCUT2D eigenvalue weighted by atomic mass is 32.1. The molecule has 1 N–H and O–H groups in total. The standard InChI is InChI=1S/C15H13N3OS/c19-13-7-3-1-5-11(13)9-10-16-18-15-17-12-6-2-4-8-14(12)20-15/h1-8,19H,9-10H2. The lowest BCUT2D eigenvalue weighted by Gasteiger charge is -2.00. The van der Waals surface area contributed by atoms with Crippen molar-refractivity contribution in [3.63, 3.8) is 0 Å². The Morgan fingerprint density at radius 3 is 2.70 bits per heavy atom. The molecule has 0 fully saturated rings. The van der Waals surface area contributed by atoms with Gasteiger partial charge in [-0.15, -0.1) is 5.11 Å². The number of hydrogen-bond donors (Lipinski definition) is 1. The smallest absolute Gasteiger partial charge is 0.230 e. The molecule has 0 aliphatic heterocycles. The zero-order valence-electron chi connectivity index (χ0n) is 10.7. The van der Waals surface area contributed by atoms with E-state index in [-0.39, 0.29) is 0 Å². The Morgan fingerprint density at radius 2 is 1.85 bits per heavy atom. The molecule has 0 atom stereocenters. The van der Waals surface area contributed by atoms with E-state index in [1.54, 1.807) is 6.07 Å². The van der Waals surface area contributed by atoms with E-state index in [0.29, 0.717) is 23.8 Å². The largest absolute Gasteiger partial charge is 0.508 e. The van der Waals surface area contributed by atoms with Gasteiger partial charge in [-0.1, -0.05) is 41.7 Å². The van der Waals surface area contributed by atoms with Crippen LogP contribution in [-0.4, -0.2) is 16.6 Å². The lowest BCUT2D eigenvalue weighted by Crippen LogP contribution is -1.88. The first-order chi connectivity index (χ1) is 9.83. The van der Waals surface area contributed by atoms with Crippen LogP contribution in [0.15, 0.2) is 58.8 Å². The second-order valence-electron chi connectivity index (χ2n) is 4.31. The average molecular weight is 283 g/mol. The highest BCUT2D eigenvalue weighted by Crippen LogP contribution is 2.27. The second-order valence-corrected chi connectivity index (χ2v) is 5.32. The highest BCUT2D eigenvalue weighted by Gasteiger charge is 2.01. The monoisotopic (exact) mass is 283 g/mol. The molecule has 100 valence electrons. The molecular weight excluding hydrogens is 270 g/mol. The number of phenolic OH excluding ortho intramolecular Hbond substituents is 1. The molecule has 4 nitrogen and oxygen atoms in total. The third kappa shape index (κ3) is 2.83. The van der Waals surface area contributed by atoms with Crippen molar-refractivity contribution in [2.24, 2.45) is 10.2 Å². The number of nitrogens with zero attached hydrogens (tertiary/aromatic N) is 3. The molecule has 20 heavy (non-hydrogen) atoms. The van der Waals surface area contributed by atoms with Crippen molar-refractivity contribution in [1.82, 2.24) is 4.98 Å². The van der Waals surface area contributed by atoms with E-state index in [1.807, 2.05) is 42.5 Å². The van der Waals surface area contributed by atoms with Crippen molar-refractivity contribution < 1.29 is 5.11 Å². The quantitative estimate of drug-likeness (QED) is 0.724. The predicted molar refractivity (Wildman–Crippen MR) is 80.8 cm³/mol. The van der Waals surface area contributed by atoms with Crippen LogP contribution in [0.3, 0.4) is 0 Å². The summed E-state index contributed by atoms with van der Waals surface area (Å²) in [6.45, 7) is 0.535. The molecule has 0 saturated carbocycles. The Hall–Kier alpha value is -2.27. The normalized spacial score (nSPS) is 11.4. The fourth-order valence-corrected chi connectivity index (χ4v) is 2.71. The second kappa shape index (κ2) is 5.79. The van der Waals surface area contributed by atoms with Crippen LogP contribution < -0.4 is 0 Å². The van der Waals surface area contributed by atoms with E-state index in [1.165, 1.54) is 11.3 Å². The van der Waals surface area contributed by atoms with Crippen LogP contribution in [0.4, 0.5) is 5.13 Å². The SMILES string of the molecule is Oc1ccccc1CCN=Nc1nc2ccccc2s1. The van der Waals surface area contributed by atoms with Crippen LogP contribution in [0.25, 0.3) is 10.2 Å². The molecule has 3 rings (SSSR count). The summed E-state index contributed by atoms with van der Waals surface area (Å²) in [5, 5.41) is 18.6. The number of aromatic hydroxyl groups is 1. The maximum absolute atomic E-state index is 9.64. The minimum atomic E-state index is 0.308. The highest BCUT2D eigenvalue weighted by molar-refractivity contribution is 7.21. The van der Waals surface area contributed by atoms with E-state index >= 15 is 0 Å². The minimum Gasteiger partial charge on any atom is -0.508 e. The van der Waals surface area contributed by atoms with Gasteiger partial charge in [0, 0.05) is 0 Å². The first kappa shape index (κ1) is 12.7. The van der Waals surface area contributed by atoms with Crippen molar-refractivity contribution >= 4 is 26.7 Å². The van der Waals surface area contributed by atoms with Gasteiger partial charge in [-0.3, -0.25) is 0 Å². The van der Waals surface area contributed by atoms with Crippen LogP contribution in [0.1, 0.15) is 5.56 Å². The first-order valence-corrected chi connectivity index (χ1v) is 7.14. The van der Waals surface area contributed by atoms with Gasteiger partial charge in [0.2, 0.25) is 5.13 Å². The van der Waals surface area contributed by atoms with Crippen LogP contribution in [0.5, 0.6) is 5.75 Å². The van der Waals surface area contributed by atoms with Gasteiger partial charge >= 0.3 is 0 Å². The Kier molecular flexibility index (Phi) is 3.69. The van der Waals surface area contributed by atoms with Crippen LogP contribution in [-0.2, 0) is 6.42 Å². The summed E-state index contributed by atoms with van der Waals surface area (Å²) in [5.74, 6) is 0.308. The Morgan fingerprint density at radius 1 is 1.05 bits per heavy atom. The third-order valence-electron chi connectivity index (χ3n) is 2.91. The van der Waals surface area contributed by atoms with E-state index < -0.39 is 0 Å². The van der Waals surface area contributed by atoms with Gasteiger partial charge in [0.1, 0.15) is 5.75 Å². The minimum absolute atomic E-state index is 0.308. The van der Waals surface area contributed by atoms with Gasteiger partial charge in [0.25, 0.3) is 0 Å². The number of benzene rings is 2. The molecule has 1 heterocycles. The number of hydrogen-bond acceptors (Lipinski definition) is 5. The van der Waals surface area contributed by atoms with E-state index in [4.69, 9.17) is 0 Å². The third-order valence-corrected chi connectivity index (χ3v) is 3.83. The molecule has 0 radical (unpaired) electrons. The summed E-state index contributed by atoms with van der Waals surface area (Å²) in [7, 11) is 0. The molecule has 0 aliphatic carbocycles. The fraction of sp³-hybridized carbons (Fsp3) is 0.133. The van der Waals surface area contributed by atoms with Gasteiger partial charge in [0.05, 0.1) is 16.8 Å². The van der Waals surface area contributed by atoms with Crippen LogP contribution in [0.2, 0.25) is 0 Å². The van der Waals surface area contributed by atoms with Crippen molar-refractivity contribution in [1.29, 1.82) is 0 Å². The lowest BCUT2D eigenvalue weighted by molar-refractivity contribution is 0.468. The average Bonchev–Trinajstić information content (AvgIpc) is 2.88. The summed E-state index contributed by atoms with van der Waals surface area (Å²) in [6, 6.07) is 15.2. The van der Waals surface area contributed by atoms with Gasteiger partial charge in [0.15, 0.2) is 0 Å². The number of rotatable bonds is 4. The summed E-state index contributed by atoms with van der Waals surface area (Å²) in [6.07, 6.45) is 0.668. The predicted octanol–water partition coefficient (Wildman–Crippen LogP) is 4.33. The number of phenols is 1. The number of thiazole rings is 1. The molecule has 0 saturated heterocycles. The molecule has 0 bridgehead atoms. The summed E-state index contributed by atoms with van der Waals surface area (Å²) in [5.41, 5.74) is 1.84. The van der Waals surface area contributed by atoms with E-state index in [9.17, 15) is 5.11 Å². The molecule has 1 aromatic heterocycles. The molecule has 0 amide bonds. The fourth-order valence-electron chi connectivity index (χ4n) is 1.91. The number of para-hydroxylation sites is 2. The maximum Gasteiger partial charge on any atom is 0.230 e. The molecule has 2 aromatic carbocycles. The Balaban J connectivity index is 1.64. The van der Waals surface area contributed by atoms with Crippen molar-refractivity contribution in [2.45, 2.75) is 6.42 Å². The molecular formula is C15H13N3OS. The van der Waals surface area contributed by atoms with Gasteiger partial charge in [-0.25, -0.2) is 4.98 Å². The van der Waals surface area contributed by atoms with E-state index in [2.05, 4.69) is 15.2 Å². The zero-order chi connectivity index (χ0) is 13.8. The van der Waals surface area contributed by atoms with Gasteiger partial charge in [-0.2, -0.15) is 5.11 Å². The molecule has 0 aliphatic rings. The Labute approximate surface area is 120 Å². The molecule has 5 heteroatoms. The maximum atomic E-state index is 9.64. The van der Waals surface area contributed by atoms with Crippen molar-refractivity contribution in [3.8, 4) is 5.75 Å². The molecule has 0 unspecified atom stereocenters. The summed E-state index contributed by atoms with van der Waals surface area (Å²) in [4.78, 5) is 4.38. The first-order valence-electron chi connectivity index (χ1n) is 6.33. The number of azo groups is 1. The number of fused-ring (bicyclic) bond motifs is 1. The molecule has 3 aromatic rings. The van der Waals surface area contributed by atoms with Crippen molar-refractivity contribution in [2.75, 3.05) is 6.54 Å². The van der Waals surface area contributed by atoms with Crippen LogP contribution in [0, 0.1) is 0 Å². The summed E-state index contributed by atoms with van der Waals surface area (Å²) < 4.78 is 1.11.